The molecule has 2 aliphatic heterocycles. The van der Waals surface area contributed by atoms with Crippen LogP contribution in [0.1, 0.15) is 59.1 Å². The van der Waals surface area contributed by atoms with Crippen molar-refractivity contribution in [1.29, 1.82) is 0 Å². The summed E-state index contributed by atoms with van der Waals surface area (Å²) in [7, 11) is 0. The molecule has 0 saturated carbocycles. The summed E-state index contributed by atoms with van der Waals surface area (Å²) in [4.78, 5) is 21.9. The summed E-state index contributed by atoms with van der Waals surface area (Å²) < 4.78 is 0. The van der Waals surface area contributed by atoms with E-state index in [0.29, 0.717) is 0 Å². The first-order valence-electron chi connectivity index (χ1n) is 9.33. The van der Waals surface area contributed by atoms with Gasteiger partial charge in [0, 0.05) is 30.2 Å². The summed E-state index contributed by atoms with van der Waals surface area (Å²) in [6.45, 7) is 4.23. The fraction of sp³-hybridized carbons (Fsp3) is 0.500. The number of aromatic nitrogens is 1. The van der Waals surface area contributed by atoms with Gasteiger partial charge in [0.1, 0.15) is 5.01 Å². The molecule has 2 aliphatic rings. The van der Waals surface area contributed by atoms with E-state index in [2.05, 4.69) is 22.0 Å². The molecule has 0 spiro atoms. The SMILES string of the molecule is O=C(c1ccc(CN2CCCCC2)cc1)N1CCC[C@@H]1c1nccs1. The Morgan fingerprint density at radius 1 is 1.08 bits per heavy atom. The highest BCUT2D eigenvalue weighted by Crippen LogP contribution is 2.34. The van der Waals surface area contributed by atoms with Gasteiger partial charge < -0.3 is 4.90 Å². The van der Waals surface area contributed by atoms with E-state index in [4.69, 9.17) is 0 Å². The van der Waals surface area contributed by atoms with Crippen molar-refractivity contribution in [3.8, 4) is 0 Å². The molecule has 2 fully saturated rings. The summed E-state index contributed by atoms with van der Waals surface area (Å²) >= 11 is 1.65. The van der Waals surface area contributed by atoms with E-state index in [1.54, 1.807) is 11.3 Å². The fourth-order valence-corrected chi connectivity index (χ4v) is 4.74. The maximum Gasteiger partial charge on any atom is 0.254 e. The van der Waals surface area contributed by atoms with Crippen molar-refractivity contribution in [1.82, 2.24) is 14.8 Å². The van der Waals surface area contributed by atoms with Crippen LogP contribution in [0.5, 0.6) is 0 Å². The number of hydrogen-bond acceptors (Lipinski definition) is 4. The van der Waals surface area contributed by atoms with Gasteiger partial charge in [0.25, 0.3) is 5.91 Å². The largest absolute Gasteiger partial charge is 0.329 e. The van der Waals surface area contributed by atoms with Gasteiger partial charge in [-0.05, 0) is 56.5 Å². The molecule has 2 aromatic rings. The van der Waals surface area contributed by atoms with E-state index < -0.39 is 0 Å². The van der Waals surface area contributed by atoms with Crippen LogP contribution >= 0.6 is 11.3 Å². The smallest absolute Gasteiger partial charge is 0.254 e. The van der Waals surface area contributed by atoms with Gasteiger partial charge in [0.05, 0.1) is 6.04 Å². The lowest BCUT2D eigenvalue weighted by Crippen LogP contribution is -2.30. The zero-order valence-corrected chi connectivity index (χ0v) is 15.4. The van der Waals surface area contributed by atoms with Gasteiger partial charge in [-0.25, -0.2) is 4.98 Å². The van der Waals surface area contributed by atoms with Gasteiger partial charge in [-0.15, -0.1) is 11.3 Å². The molecule has 4 nitrogen and oxygen atoms in total. The molecule has 1 amide bonds. The molecular weight excluding hydrogens is 330 g/mol. The number of piperidine rings is 1. The van der Waals surface area contributed by atoms with Crippen LogP contribution in [0.4, 0.5) is 0 Å². The third-order valence-electron chi connectivity index (χ3n) is 5.31. The van der Waals surface area contributed by atoms with Crippen LogP contribution in [0.15, 0.2) is 35.8 Å². The maximum atomic E-state index is 12.9. The molecule has 1 aromatic carbocycles. The first-order valence-corrected chi connectivity index (χ1v) is 10.2. The number of rotatable bonds is 4. The molecule has 3 heterocycles. The van der Waals surface area contributed by atoms with E-state index >= 15 is 0 Å². The number of carbonyl (C=O) groups is 1. The standard InChI is InChI=1S/C20H25N3OS/c24-20(23-13-4-5-18(23)19-21-10-14-25-19)17-8-6-16(7-9-17)15-22-11-2-1-3-12-22/h6-10,14,18H,1-5,11-13,15H2/t18-/m1/s1. The Kier molecular flexibility index (Phi) is 5.13. The third-order valence-corrected chi connectivity index (χ3v) is 6.18. The number of carbonyl (C=O) groups excluding carboxylic acids is 1. The van der Waals surface area contributed by atoms with Gasteiger partial charge in [-0.2, -0.15) is 0 Å². The van der Waals surface area contributed by atoms with Crippen molar-refractivity contribution in [3.63, 3.8) is 0 Å². The first kappa shape index (κ1) is 16.7. The number of hydrogen-bond donors (Lipinski definition) is 0. The number of thiazole rings is 1. The topological polar surface area (TPSA) is 36.4 Å². The lowest BCUT2D eigenvalue weighted by atomic mass is 10.1. The summed E-state index contributed by atoms with van der Waals surface area (Å²) in [6.07, 6.45) is 7.89. The van der Waals surface area contributed by atoms with Gasteiger partial charge >= 0.3 is 0 Å². The predicted octanol–water partition coefficient (Wildman–Crippen LogP) is 4.11. The van der Waals surface area contributed by atoms with Crippen molar-refractivity contribution in [3.05, 3.63) is 52.0 Å². The molecule has 5 heteroatoms. The summed E-state index contributed by atoms with van der Waals surface area (Å²) in [5.41, 5.74) is 2.10. The van der Waals surface area contributed by atoms with E-state index in [1.807, 2.05) is 28.6 Å². The molecular formula is C20H25N3OS. The molecule has 1 atom stereocenters. The monoisotopic (exact) mass is 355 g/mol. The van der Waals surface area contributed by atoms with Gasteiger partial charge in [-0.3, -0.25) is 9.69 Å². The number of benzene rings is 1. The molecule has 0 radical (unpaired) electrons. The van der Waals surface area contributed by atoms with Gasteiger partial charge in [-0.1, -0.05) is 18.6 Å². The van der Waals surface area contributed by atoms with E-state index in [9.17, 15) is 4.79 Å². The second kappa shape index (κ2) is 7.67. The van der Waals surface area contributed by atoms with Crippen LogP contribution in [0.2, 0.25) is 0 Å². The van der Waals surface area contributed by atoms with E-state index in [0.717, 1.165) is 36.5 Å². The Bertz CT molecular complexity index is 692. The van der Waals surface area contributed by atoms with Crippen LogP contribution in [0.25, 0.3) is 0 Å². The Morgan fingerprint density at radius 2 is 1.88 bits per heavy atom. The van der Waals surface area contributed by atoms with Crippen molar-refractivity contribution >= 4 is 17.2 Å². The summed E-state index contributed by atoms with van der Waals surface area (Å²) in [5, 5.41) is 3.05. The molecule has 1 aromatic heterocycles. The van der Waals surface area contributed by atoms with Crippen LogP contribution in [0.3, 0.4) is 0 Å². The maximum absolute atomic E-state index is 12.9. The van der Waals surface area contributed by atoms with Crippen molar-refractivity contribution in [2.45, 2.75) is 44.7 Å². The quantitative estimate of drug-likeness (QED) is 0.828. The second-order valence-electron chi connectivity index (χ2n) is 7.06. The zero-order valence-electron chi connectivity index (χ0n) is 14.6. The minimum Gasteiger partial charge on any atom is -0.329 e. The Labute approximate surface area is 153 Å². The summed E-state index contributed by atoms with van der Waals surface area (Å²) in [5.74, 6) is 0.141. The van der Waals surface area contributed by atoms with Crippen LogP contribution in [-0.2, 0) is 6.54 Å². The van der Waals surface area contributed by atoms with Gasteiger partial charge in [0.2, 0.25) is 0 Å². The molecule has 0 N–H and O–H groups in total. The molecule has 0 aliphatic carbocycles. The minimum atomic E-state index is 0.141. The van der Waals surface area contributed by atoms with E-state index in [-0.39, 0.29) is 11.9 Å². The zero-order chi connectivity index (χ0) is 17.1. The third kappa shape index (κ3) is 3.77. The number of likely N-dealkylation sites (tertiary alicyclic amines) is 2. The highest BCUT2D eigenvalue weighted by atomic mass is 32.1. The average molecular weight is 356 g/mol. The molecule has 0 bridgehead atoms. The Hall–Kier alpha value is -1.72. The van der Waals surface area contributed by atoms with Crippen LogP contribution < -0.4 is 0 Å². The van der Waals surface area contributed by atoms with Crippen molar-refractivity contribution < 1.29 is 4.79 Å². The predicted molar refractivity (Wildman–Crippen MR) is 101 cm³/mol. The summed E-state index contributed by atoms with van der Waals surface area (Å²) in [6, 6.07) is 8.39. The molecule has 2 saturated heterocycles. The van der Waals surface area contributed by atoms with Gasteiger partial charge in [0.15, 0.2) is 0 Å². The molecule has 0 unspecified atom stereocenters. The highest BCUT2D eigenvalue weighted by Gasteiger charge is 2.32. The Balaban J connectivity index is 1.43. The average Bonchev–Trinajstić information content (AvgIpc) is 3.34. The number of nitrogens with zero attached hydrogens (tertiary/aromatic N) is 3. The number of amides is 1. The second-order valence-corrected chi connectivity index (χ2v) is 7.99. The fourth-order valence-electron chi connectivity index (χ4n) is 3.96. The normalized spacial score (nSPS) is 21.6. The molecule has 132 valence electrons. The van der Waals surface area contributed by atoms with E-state index in [1.165, 1.54) is 37.9 Å². The molecule has 25 heavy (non-hydrogen) atoms. The lowest BCUT2D eigenvalue weighted by molar-refractivity contribution is 0.0735. The lowest BCUT2D eigenvalue weighted by Gasteiger charge is -2.26. The minimum absolute atomic E-state index is 0.141. The molecule has 4 rings (SSSR count). The van der Waals surface area contributed by atoms with Crippen molar-refractivity contribution in [2.75, 3.05) is 19.6 Å². The van der Waals surface area contributed by atoms with Crippen molar-refractivity contribution in [2.24, 2.45) is 0 Å². The highest BCUT2D eigenvalue weighted by molar-refractivity contribution is 7.09. The van der Waals surface area contributed by atoms with Crippen LogP contribution in [-0.4, -0.2) is 40.3 Å². The first-order chi connectivity index (χ1) is 12.3. The van der Waals surface area contributed by atoms with Crippen LogP contribution in [0, 0.1) is 0 Å². The Morgan fingerprint density at radius 3 is 2.60 bits per heavy atom.